The lowest BCUT2D eigenvalue weighted by molar-refractivity contribution is -0.138. The Morgan fingerprint density at radius 2 is 1.18 bits per heavy atom. The molecule has 0 saturated heterocycles. The molecule has 0 saturated carbocycles. The summed E-state index contributed by atoms with van der Waals surface area (Å²) in [4.78, 5) is 42.7. The van der Waals surface area contributed by atoms with Gasteiger partial charge in [-0.1, -0.05) is 13.8 Å². The van der Waals surface area contributed by atoms with Crippen LogP contribution in [0.5, 0.6) is 0 Å². The molecule has 0 bridgehead atoms. The average molecular weight is 244 g/mol. The molecule has 0 fully saturated rings. The monoisotopic (exact) mass is 244 g/mol. The molecule has 17 heavy (non-hydrogen) atoms. The van der Waals surface area contributed by atoms with E-state index >= 15 is 0 Å². The van der Waals surface area contributed by atoms with Gasteiger partial charge in [0.05, 0.1) is 0 Å². The van der Waals surface area contributed by atoms with Crippen LogP contribution in [0.4, 0.5) is 0 Å². The van der Waals surface area contributed by atoms with Gasteiger partial charge in [-0.15, -0.1) is 0 Å². The van der Waals surface area contributed by atoms with Crippen LogP contribution in [-0.4, -0.2) is 36.7 Å². The number of amides is 4. The zero-order chi connectivity index (χ0) is 13.6. The summed E-state index contributed by atoms with van der Waals surface area (Å²) in [6.07, 6.45) is 0. The Bertz CT molecular complexity index is 319. The van der Waals surface area contributed by atoms with Crippen LogP contribution in [0.15, 0.2) is 0 Å². The summed E-state index contributed by atoms with van der Waals surface area (Å²) < 4.78 is 0. The van der Waals surface area contributed by atoms with Crippen LogP contribution < -0.4 is 22.1 Å². The van der Waals surface area contributed by atoms with Gasteiger partial charge in [0.1, 0.15) is 0 Å². The lowest BCUT2D eigenvalue weighted by Crippen LogP contribution is -2.47. The lowest BCUT2D eigenvalue weighted by Gasteiger charge is -2.24. The van der Waals surface area contributed by atoms with E-state index in [2.05, 4.69) is 10.6 Å². The van der Waals surface area contributed by atoms with E-state index in [4.69, 9.17) is 11.5 Å². The Hall–Kier alpha value is -2.12. The van der Waals surface area contributed by atoms with Crippen LogP contribution in [0.2, 0.25) is 0 Å². The number of hydrogen-bond donors (Lipinski definition) is 4. The van der Waals surface area contributed by atoms with Crippen molar-refractivity contribution in [1.29, 1.82) is 0 Å². The van der Waals surface area contributed by atoms with E-state index in [-0.39, 0.29) is 13.1 Å². The molecule has 0 aliphatic rings. The minimum absolute atomic E-state index is 0.119. The zero-order valence-corrected chi connectivity index (χ0v) is 9.70. The Kier molecular flexibility index (Phi) is 5.10. The Morgan fingerprint density at radius 3 is 1.41 bits per heavy atom. The van der Waals surface area contributed by atoms with Crippen LogP contribution in [0.1, 0.15) is 13.8 Å². The number of primary amides is 2. The molecule has 0 heterocycles. The van der Waals surface area contributed by atoms with E-state index < -0.39 is 29.0 Å². The van der Waals surface area contributed by atoms with Crippen molar-refractivity contribution in [2.45, 2.75) is 13.8 Å². The molecule has 96 valence electrons. The lowest BCUT2D eigenvalue weighted by atomic mass is 9.93. The van der Waals surface area contributed by atoms with Gasteiger partial charge in [-0.3, -0.25) is 19.2 Å². The van der Waals surface area contributed by atoms with Gasteiger partial charge >= 0.3 is 23.6 Å². The highest BCUT2D eigenvalue weighted by Gasteiger charge is 2.22. The third-order valence-corrected chi connectivity index (χ3v) is 1.90. The maximum atomic E-state index is 10.9. The van der Waals surface area contributed by atoms with Crippen molar-refractivity contribution in [1.82, 2.24) is 10.6 Å². The first-order valence-electron chi connectivity index (χ1n) is 4.81. The summed E-state index contributed by atoms with van der Waals surface area (Å²) >= 11 is 0. The molecule has 0 aromatic heterocycles. The van der Waals surface area contributed by atoms with E-state index in [0.29, 0.717) is 0 Å². The topological polar surface area (TPSA) is 144 Å². The second-order valence-corrected chi connectivity index (χ2v) is 4.26. The highest BCUT2D eigenvalue weighted by atomic mass is 16.2. The van der Waals surface area contributed by atoms with Crippen molar-refractivity contribution in [3.05, 3.63) is 0 Å². The summed E-state index contributed by atoms with van der Waals surface area (Å²) in [5, 5.41) is 4.59. The molecule has 0 aromatic carbocycles. The molecule has 0 atom stereocenters. The SMILES string of the molecule is CC(C)(CNC(=O)C(N)=O)CNC(=O)C(N)=O. The van der Waals surface area contributed by atoms with Crippen molar-refractivity contribution in [3.8, 4) is 0 Å². The Morgan fingerprint density at radius 1 is 0.882 bits per heavy atom. The van der Waals surface area contributed by atoms with E-state index in [1.54, 1.807) is 13.8 Å². The summed E-state index contributed by atoms with van der Waals surface area (Å²) in [7, 11) is 0. The first kappa shape index (κ1) is 14.9. The molecule has 0 aliphatic carbocycles. The minimum Gasteiger partial charge on any atom is -0.361 e. The predicted octanol–water partition coefficient (Wildman–Crippen LogP) is -2.78. The van der Waals surface area contributed by atoms with E-state index in [9.17, 15) is 19.2 Å². The molecular formula is C9H16N4O4. The van der Waals surface area contributed by atoms with E-state index in [1.807, 2.05) is 0 Å². The number of carbonyl (C=O) groups excluding carboxylic acids is 4. The smallest absolute Gasteiger partial charge is 0.309 e. The van der Waals surface area contributed by atoms with Gasteiger partial charge < -0.3 is 22.1 Å². The summed E-state index contributed by atoms with van der Waals surface area (Å²) in [6.45, 7) is 3.67. The first-order chi connectivity index (χ1) is 7.65. The number of hydrogen-bond acceptors (Lipinski definition) is 4. The molecule has 0 aromatic rings. The maximum absolute atomic E-state index is 10.9. The zero-order valence-electron chi connectivity index (χ0n) is 9.70. The third-order valence-electron chi connectivity index (χ3n) is 1.90. The molecule has 0 unspecified atom stereocenters. The molecule has 8 heteroatoms. The number of nitrogens with one attached hydrogen (secondary N) is 2. The molecule has 0 rings (SSSR count). The Labute approximate surface area is 98.1 Å². The second kappa shape index (κ2) is 5.83. The number of nitrogens with two attached hydrogens (primary N) is 2. The fourth-order valence-corrected chi connectivity index (χ4v) is 0.876. The fourth-order valence-electron chi connectivity index (χ4n) is 0.876. The van der Waals surface area contributed by atoms with Gasteiger partial charge in [0.2, 0.25) is 0 Å². The quantitative estimate of drug-likeness (QED) is 0.396. The number of carbonyl (C=O) groups is 4. The van der Waals surface area contributed by atoms with Crippen LogP contribution in [0.25, 0.3) is 0 Å². The van der Waals surface area contributed by atoms with Crippen molar-refractivity contribution < 1.29 is 19.2 Å². The minimum atomic E-state index is -1.08. The highest BCUT2D eigenvalue weighted by molar-refractivity contribution is 6.34. The summed E-state index contributed by atoms with van der Waals surface area (Å²) in [5.74, 6) is -3.97. The normalized spacial score (nSPS) is 10.5. The highest BCUT2D eigenvalue weighted by Crippen LogP contribution is 2.11. The van der Waals surface area contributed by atoms with Crippen molar-refractivity contribution >= 4 is 23.6 Å². The van der Waals surface area contributed by atoms with Gasteiger partial charge in [0, 0.05) is 13.1 Å². The molecule has 8 nitrogen and oxygen atoms in total. The second-order valence-electron chi connectivity index (χ2n) is 4.26. The Balaban J connectivity index is 4.12. The molecular weight excluding hydrogens is 228 g/mol. The van der Waals surface area contributed by atoms with Crippen LogP contribution in [-0.2, 0) is 19.2 Å². The van der Waals surface area contributed by atoms with Crippen LogP contribution in [0.3, 0.4) is 0 Å². The maximum Gasteiger partial charge on any atom is 0.309 e. The standard InChI is InChI=1S/C9H16N4O4/c1-9(2,3-12-7(16)5(10)14)4-13-8(17)6(11)15/h3-4H2,1-2H3,(H2,10,14)(H2,11,15)(H,12,16)(H,13,17). The predicted molar refractivity (Wildman–Crippen MR) is 58.2 cm³/mol. The van der Waals surface area contributed by atoms with Crippen molar-refractivity contribution in [2.75, 3.05) is 13.1 Å². The van der Waals surface area contributed by atoms with Gasteiger partial charge in [-0.05, 0) is 5.41 Å². The molecule has 0 radical (unpaired) electrons. The van der Waals surface area contributed by atoms with Crippen molar-refractivity contribution in [2.24, 2.45) is 16.9 Å². The molecule has 0 aliphatic heterocycles. The third kappa shape index (κ3) is 6.13. The van der Waals surface area contributed by atoms with Gasteiger partial charge in [-0.25, -0.2) is 0 Å². The fraction of sp³-hybridized carbons (Fsp3) is 0.556. The van der Waals surface area contributed by atoms with Gasteiger partial charge in [0.25, 0.3) is 0 Å². The van der Waals surface area contributed by atoms with E-state index in [1.165, 1.54) is 0 Å². The van der Waals surface area contributed by atoms with Crippen LogP contribution in [0, 0.1) is 5.41 Å². The number of rotatable bonds is 4. The van der Waals surface area contributed by atoms with Crippen molar-refractivity contribution in [3.63, 3.8) is 0 Å². The van der Waals surface area contributed by atoms with Gasteiger partial charge in [-0.2, -0.15) is 0 Å². The summed E-state index contributed by atoms with van der Waals surface area (Å²) in [6, 6.07) is 0. The van der Waals surface area contributed by atoms with Gasteiger partial charge in [0.15, 0.2) is 0 Å². The first-order valence-corrected chi connectivity index (χ1v) is 4.81. The molecule has 0 spiro atoms. The summed E-state index contributed by atoms with van der Waals surface area (Å²) in [5.41, 5.74) is 8.95. The molecule has 4 amide bonds. The molecule has 6 N–H and O–H groups in total. The van der Waals surface area contributed by atoms with E-state index in [0.717, 1.165) is 0 Å². The average Bonchev–Trinajstić information content (AvgIpc) is 2.22. The largest absolute Gasteiger partial charge is 0.361 e. The van der Waals surface area contributed by atoms with Crippen LogP contribution >= 0.6 is 0 Å².